The average molecular weight is 482 g/mol. The lowest BCUT2D eigenvalue weighted by molar-refractivity contribution is -0.0328. The van der Waals surface area contributed by atoms with Crippen molar-refractivity contribution in [2.24, 2.45) is 0 Å². The van der Waals surface area contributed by atoms with E-state index in [4.69, 9.17) is 4.84 Å². The molecule has 0 radical (unpaired) electrons. The molecule has 2 aromatic carbocycles. The van der Waals surface area contributed by atoms with Crippen LogP contribution in [0.15, 0.2) is 59.3 Å². The zero-order valence-corrected chi connectivity index (χ0v) is 19.7. The van der Waals surface area contributed by atoms with Gasteiger partial charge in [0.2, 0.25) is 0 Å². The van der Waals surface area contributed by atoms with Crippen LogP contribution in [-0.4, -0.2) is 12.1 Å². The summed E-state index contributed by atoms with van der Waals surface area (Å²) in [7, 11) is 0. The maximum atomic E-state index is 15.0. The van der Waals surface area contributed by atoms with Crippen molar-refractivity contribution in [3.05, 3.63) is 65.5 Å². The molecule has 1 atom stereocenters. The van der Waals surface area contributed by atoms with Gasteiger partial charge < -0.3 is 0 Å². The fourth-order valence-electron chi connectivity index (χ4n) is 4.00. The van der Waals surface area contributed by atoms with Crippen LogP contribution in [-0.2, 0) is 4.84 Å². The molecule has 0 heterocycles. The number of hydrogen-bond donors (Lipinski definition) is 0. The Hall–Kier alpha value is -1.99. The third-order valence-electron chi connectivity index (χ3n) is 5.63. The number of unbranched alkanes of at least 4 members (excludes halogenated alkanes) is 7. The van der Waals surface area contributed by atoms with Crippen LogP contribution in [0.3, 0.4) is 0 Å². The number of thioether (sulfide) groups is 1. The van der Waals surface area contributed by atoms with Crippen molar-refractivity contribution in [3.63, 3.8) is 0 Å². The molecule has 2 aromatic rings. The van der Waals surface area contributed by atoms with Crippen molar-refractivity contribution in [1.82, 2.24) is 0 Å². The summed E-state index contributed by atoms with van der Waals surface area (Å²) in [5.41, 5.74) is -2.27. The molecule has 0 fully saturated rings. The van der Waals surface area contributed by atoms with Gasteiger partial charge in [-0.3, -0.25) is 4.84 Å². The number of nitrogens with zero attached hydrogens (tertiary/aromatic N) is 1. The third-order valence-corrected chi connectivity index (χ3v) is 6.37. The number of alkyl halides is 3. The summed E-state index contributed by atoms with van der Waals surface area (Å²) < 4.78 is 53.0. The standard InChI is InChI=1S/C26H31F4NOS/c1-2-3-4-5-6-7-8-11-18-32-31(21-14-16-22(17-15-21)33-26(28,29)30)25-23-13-10-9-12-20(23)19-24(25)27/h9-10,12-17,19,25H,2-8,11,18H2,1H3. The number of hydroxylamine groups is 1. The summed E-state index contributed by atoms with van der Waals surface area (Å²) in [5.74, 6) is -0.346. The summed E-state index contributed by atoms with van der Waals surface area (Å²) >= 11 is -0.168. The van der Waals surface area contributed by atoms with E-state index in [-0.39, 0.29) is 22.5 Å². The van der Waals surface area contributed by atoms with Crippen molar-refractivity contribution >= 4 is 23.5 Å². The number of benzene rings is 2. The molecule has 0 amide bonds. The number of halogens is 4. The average Bonchev–Trinajstić information content (AvgIpc) is 3.10. The number of anilines is 1. The highest BCUT2D eigenvalue weighted by atomic mass is 32.2. The molecule has 2 nitrogen and oxygen atoms in total. The maximum Gasteiger partial charge on any atom is 0.446 e. The highest BCUT2D eigenvalue weighted by molar-refractivity contribution is 8.00. The molecule has 0 spiro atoms. The summed E-state index contributed by atoms with van der Waals surface area (Å²) in [5, 5.41) is 1.50. The predicted octanol–water partition coefficient (Wildman–Crippen LogP) is 9.24. The Bertz CT molecular complexity index is 898. The van der Waals surface area contributed by atoms with Gasteiger partial charge in [0.25, 0.3) is 0 Å². The molecule has 0 N–H and O–H groups in total. The fraction of sp³-hybridized carbons (Fsp3) is 0.462. The van der Waals surface area contributed by atoms with Crippen molar-refractivity contribution < 1.29 is 22.4 Å². The van der Waals surface area contributed by atoms with Crippen molar-refractivity contribution in [2.75, 3.05) is 11.7 Å². The number of fused-ring (bicyclic) bond motifs is 1. The third kappa shape index (κ3) is 7.78. The van der Waals surface area contributed by atoms with E-state index in [9.17, 15) is 17.6 Å². The Kier molecular flexibility index (Phi) is 9.68. The van der Waals surface area contributed by atoms with Crippen LogP contribution >= 0.6 is 11.8 Å². The number of hydrogen-bond acceptors (Lipinski definition) is 3. The van der Waals surface area contributed by atoms with E-state index in [1.165, 1.54) is 55.4 Å². The summed E-state index contributed by atoms with van der Waals surface area (Å²) in [6.07, 6.45) is 10.7. The van der Waals surface area contributed by atoms with Gasteiger partial charge in [-0.05, 0) is 59.7 Å². The molecule has 180 valence electrons. The van der Waals surface area contributed by atoms with Crippen LogP contribution in [0.25, 0.3) is 6.08 Å². The molecular formula is C26H31F4NOS. The Morgan fingerprint density at radius 1 is 0.879 bits per heavy atom. The van der Waals surface area contributed by atoms with E-state index in [1.807, 2.05) is 24.3 Å². The van der Waals surface area contributed by atoms with Crippen LogP contribution in [0.1, 0.15) is 75.5 Å². The van der Waals surface area contributed by atoms with Gasteiger partial charge in [-0.25, -0.2) is 9.45 Å². The molecule has 1 aliphatic carbocycles. The van der Waals surface area contributed by atoms with Gasteiger partial charge in [-0.2, -0.15) is 13.2 Å². The van der Waals surface area contributed by atoms with E-state index in [0.29, 0.717) is 12.3 Å². The molecule has 0 aromatic heterocycles. The minimum atomic E-state index is -4.35. The van der Waals surface area contributed by atoms with Crippen LogP contribution < -0.4 is 5.06 Å². The lowest BCUT2D eigenvalue weighted by atomic mass is 10.1. The quantitative estimate of drug-likeness (QED) is 0.122. The van der Waals surface area contributed by atoms with Gasteiger partial charge >= 0.3 is 5.51 Å². The first-order valence-corrected chi connectivity index (χ1v) is 12.4. The smallest absolute Gasteiger partial charge is 0.272 e. The largest absolute Gasteiger partial charge is 0.446 e. The van der Waals surface area contributed by atoms with Gasteiger partial charge in [0.05, 0.1) is 12.3 Å². The van der Waals surface area contributed by atoms with Gasteiger partial charge in [0.1, 0.15) is 11.9 Å². The first-order chi connectivity index (χ1) is 15.9. The van der Waals surface area contributed by atoms with Crippen LogP contribution in [0.2, 0.25) is 0 Å². The monoisotopic (exact) mass is 481 g/mol. The van der Waals surface area contributed by atoms with Crippen LogP contribution in [0, 0.1) is 0 Å². The minimum Gasteiger partial charge on any atom is -0.272 e. The SMILES string of the molecule is CCCCCCCCCCON(c1ccc(SC(F)(F)F)cc1)C1C(F)=Cc2ccccc21. The lowest BCUT2D eigenvalue weighted by Gasteiger charge is -2.30. The molecule has 33 heavy (non-hydrogen) atoms. The molecule has 0 aliphatic heterocycles. The Morgan fingerprint density at radius 2 is 1.52 bits per heavy atom. The fourth-order valence-corrected chi connectivity index (χ4v) is 4.54. The molecule has 0 saturated heterocycles. The molecular weight excluding hydrogens is 450 g/mol. The van der Waals surface area contributed by atoms with E-state index in [0.717, 1.165) is 30.4 Å². The second-order valence-corrected chi connectivity index (χ2v) is 9.37. The highest BCUT2D eigenvalue weighted by Gasteiger charge is 2.33. The first kappa shape index (κ1) is 25.6. The zero-order valence-electron chi connectivity index (χ0n) is 18.9. The van der Waals surface area contributed by atoms with Crippen LogP contribution in [0.4, 0.5) is 23.2 Å². The molecule has 1 unspecified atom stereocenters. The molecule has 0 saturated carbocycles. The number of rotatable bonds is 13. The van der Waals surface area contributed by atoms with E-state index < -0.39 is 11.6 Å². The molecule has 1 aliphatic rings. The van der Waals surface area contributed by atoms with Crippen molar-refractivity contribution in [1.29, 1.82) is 0 Å². The Labute approximate surface area is 198 Å². The van der Waals surface area contributed by atoms with E-state index in [2.05, 4.69) is 6.92 Å². The topological polar surface area (TPSA) is 12.5 Å². The lowest BCUT2D eigenvalue weighted by Crippen LogP contribution is -2.29. The minimum absolute atomic E-state index is 0.0807. The maximum absolute atomic E-state index is 15.0. The second kappa shape index (κ2) is 12.5. The van der Waals surface area contributed by atoms with Crippen molar-refractivity contribution in [2.45, 2.75) is 74.7 Å². The van der Waals surface area contributed by atoms with E-state index >= 15 is 0 Å². The van der Waals surface area contributed by atoms with Gasteiger partial charge in [0, 0.05) is 4.90 Å². The Balaban J connectivity index is 1.66. The summed E-state index contributed by atoms with van der Waals surface area (Å²) in [6, 6.07) is 12.5. The summed E-state index contributed by atoms with van der Waals surface area (Å²) in [4.78, 5) is 6.13. The summed E-state index contributed by atoms with van der Waals surface area (Å²) in [6.45, 7) is 2.62. The van der Waals surface area contributed by atoms with E-state index in [1.54, 1.807) is 12.1 Å². The van der Waals surface area contributed by atoms with Gasteiger partial charge in [-0.15, -0.1) is 0 Å². The molecule has 0 bridgehead atoms. The van der Waals surface area contributed by atoms with Gasteiger partial charge in [0.15, 0.2) is 0 Å². The molecule has 3 rings (SSSR count). The molecule has 7 heteroatoms. The van der Waals surface area contributed by atoms with Crippen molar-refractivity contribution in [3.8, 4) is 0 Å². The highest BCUT2D eigenvalue weighted by Crippen LogP contribution is 2.43. The van der Waals surface area contributed by atoms with Gasteiger partial charge in [-0.1, -0.05) is 76.1 Å². The zero-order chi connectivity index (χ0) is 23.7. The first-order valence-electron chi connectivity index (χ1n) is 11.6. The predicted molar refractivity (Wildman–Crippen MR) is 128 cm³/mol. The Morgan fingerprint density at radius 3 is 2.18 bits per heavy atom. The van der Waals surface area contributed by atoms with Crippen LogP contribution in [0.5, 0.6) is 0 Å². The normalized spacial score (nSPS) is 15.4. The second-order valence-electron chi connectivity index (χ2n) is 8.24.